The number of methoxy groups -OCH3 is 2. The van der Waals surface area contributed by atoms with Crippen LogP contribution in [0.2, 0.25) is 0 Å². The minimum absolute atomic E-state index is 0.171. The molecule has 1 aliphatic rings. The fraction of sp³-hybridized carbons (Fsp3) is 0.385. The maximum absolute atomic E-state index is 12.7. The van der Waals surface area contributed by atoms with Crippen LogP contribution in [0, 0.1) is 11.3 Å². The third-order valence-corrected chi connectivity index (χ3v) is 6.29. The zero-order chi connectivity index (χ0) is 23.2. The average Bonchev–Trinajstić information content (AvgIpc) is 3.29. The lowest BCUT2D eigenvalue weighted by atomic mass is 9.89. The standard InChI is InChI=1S/C26H29N3O4/c1-31-20-6-7-23-21(15-20)22(17-28-23)19-9-11-29(12-10-19)26(30)4-3-13-33-24-8-5-18(16-27)14-25(24)32-2/h5-8,14-15,17,19,28H,3-4,9-13H2,1-2H3. The molecule has 2 aromatic carbocycles. The van der Waals surface area contributed by atoms with Crippen LogP contribution in [0.1, 0.15) is 42.7 Å². The van der Waals surface area contributed by atoms with Crippen molar-refractivity contribution < 1.29 is 19.0 Å². The Hall–Kier alpha value is -3.66. The lowest BCUT2D eigenvalue weighted by Crippen LogP contribution is -2.37. The van der Waals surface area contributed by atoms with Gasteiger partial charge in [-0.15, -0.1) is 0 Å². The second-order valence-corrected chi connectivity index (χ2v) is 8.24. The molecule has 1 fully saturated rings. The van der Waals surface area contributed by atoms with E-state index in [0.717, 1.165) is 37.2 Å². The third kappa shape index (κ3) is 5.06. The molecule has 0 bridgehead atoms. The molecule has 172 valence electrons. The van der Waals surface area contributed by atoms with Crippen molar-refractivity contribution in [2.45, 2.75) is 31.6 Å². The Morgan fingerprint density at radius 2 is 1.94 bits per heavy atom. The van der Waals surface area contributed by atoms with Crippen molar-refractivity contribution in [1.82, 2.24) is 9.88 Å². The Labute approximate surface area is 193 Å². The van der Waals surface area contributed by atoms with Crippen LogP contribution in [0.4, 0.5) is 0 Å². The molecule has 0 aliphatic carbocycles. The fourth-order valence-electron chi connectivity index (χ4n) is 4.45. The molecular formula is C26H29N3O4. The van der Waals surface area contributed by atoms with Gasteiger partial charge in [-0.2, -0.15) is 5.26 Å². The van der Waals surface area contributed by atoms with E-state index >= 15 is 0 Å². The number of benzene rings is 2. The molecule has 2 heterocycles. The molecule has 0 atom stereocenters. The van der Waals surface area contributed by atoms with Gasteiger partial charge in [-0.05, 0) is 61.1 Å². The number of nitriles is 1. The second-order valence-electron chi connectivity index (χ2n) is 8.24. The summed E-state index contributed by atoms with van der Waals surface area (Å²) >= 11 is 0. The van der Waals surface area contributed by atoms with Crippen LogP contribution in [0.25, 0.3) is 10.9 Å². The Balaban J connectivity index is 1.25. The molecule has 7 heteroatoms. The van der Waals surface area contributed by atoms with Crippen molar-refractivity contribution in [3.63, 3.8) is 0 Å². The van der Waals surface area contributed by atoms with Crippen LogP contribution < -0.4 is 14.2 Å². The molecule has 1 aliphatic heterocycles. The molecule has 1 amide bonds. The van der Waals surface area contributed by atoms with E-state index in [2.05, 4.69) is 23.3 Å². The van der Waals surface area contributed by atoms with Gasteiger partial charge in [0.2, 0.25) is 5.91 Å². The Morgan fingerprint density at radius 1 is 1.12 bits per heavy atom. The summed E-state index contributed by atoms with van der Waals surface area (Å²) in [5, 5.41) is 10.2. The van der Waals surface area contributed by atoms with Crippen LogP contribution in [0.5, 0.6) is 17.2 Å². The van der Waals surface area contributed by atoms with Crippen LogP contribution in [0.3, 0.4) is 0 Å². The number of aromatic nitrogens is 1. The van der Waals surface area contributed by atoms with E-state index in [4.69, 9.17) is 19.5 Å². The molecule has 4 rings (SSSR count). The number of H-pyrrole nitrogens is 1. The number of carbonyl (C=O) groups is 1. The van der Waals surface area contributed by atoms with Gasteiger partial charge >= 0.3 is 0 Å². The summed E-state index contributed by atoms with van der Waals surface area (Å²) in [5.41, 5.74) is 2.94. The average molecular weight is 448 g/mol. The van der Waals surface area contributed by atoms with Crippen molar-refractivity contribution in [1.29, 1.82) is 5.26 Å². The van der Waals surface area contributed by atoms with Gasteiger partial charge in [0.25, 0.3) is 0 Å². The highest BCUT2D eigenvalue weighted by Gasteiger charge is 2.25. The summed E-state index contributed by atoms with van der Waals surface area (Å²) < 4.78 is 16.4. The highest BCUT2D eigenvalue weighted by Crippen LogP contribution is 2.35. The number of piperidine rings is 1. The van der Waals surface area contributed by atoms with Gasteiger partial charge < -0.3 is 24.1 Å². The largest absolute Gasteiger partial charge is 0.497 e. The maximum Gasteiger partial charge on any atom is 0.222 e. The van der Waals surface area contributed by atoms with Crippen LogP contribution >= 0.6 is 0 Å². The number of nitrogens with one attached hydrogen (secondary N) is 1. The summed E-state index contributed by atoms with van der Waals surface area (Å²) in [4.78, 5) is 18.0. The van der Waals surface area contributed by atoms with Crippen molar-refractivity contribution >= 4 is 16.8 Å². The number of carbonyl (C=O) groups excluding carboxylic acids is 1. The summed E-state index contributed by atoms with van der Waals surface area (Å²) in [6.07, 6.45) is 5.09. The van der Waals surface area contributed by atoms with Gasteiger partial charge in [-0.25, -0.2) is 0 Å². The van der Waals surface area contributed by atoms with Crippen LogP contribution in [-0.2, 0) is 4.79 Å². The minimum atomic E-state index is 0.171. The molecule has 0 spiro atoms. The molecule has 0 radical (unpaired) electrons. The number of hydrogen-bond donors (Lipinski definition) is 1. The van der Waals surface area contributed by atoms with Crippen molar-refractivity contribution in [2.24, 2.45) is 0 Å². The number of hydrogen-bond acceptors (Lipinski definition) is 5. The van der Waals surface area contributed by atoms with Gasteiger partial charge in [0.1, 0.15) is 5.75 Å². The van der Waals surface area contributed by atoms with Crippen molar-refractivity contribution in [2.75, 3.05) is 33.9 Å². The Kier molecular flexibility index (Phi) is 7.04. The molecular weight excluding hydrogens is 418 g/mol. The molecule has 7 nitrogen and oxygen atoms in total. The van der Waals surface area contributed by atoms with Crippen molar-refractivity contribution in [3.8, 4) is 23.3 Å². The number of ether oxygens (including phenoxy) is 3. The Bertz CT molecular complexity index is 1160. The van der Waals surface area contributed by atoms with Crippen LogP contribution in [-0.4, -0.2) is 49.7 Å². The molecule has 1 N–H and O–H groups in total. The monoisotopic (exact) mass is 447 g/mol. The van der Waals surface area contributed by atoms with Gasteiger partial charge in [-0.1, -0.05) is 0 Å². The van der Waals surface area contributed by atoms with Gasteiger partial charge in [0, 0.05) is 42.7 Å². The van der Waals surface area contributed by atoms with Gasteiger partial charge in [-0.3, -0.25) is 4.79 Å². The molecule has 1 aromatic heterocycles. The first-order valence-electron chi connectivity index (χ1n) is 11.3. The zero-order valence-corrected chi connectivity index (χ0v) is 19.1. The fourth-order valence-corrected chi connectivity index (χ4v) is 4.45. The van der Waals surface area contributed by atoms with E-state index in [1.165, 1.54) is 10.9 Å². The highest BCUT2D eigenvalue weighted by molar-refractivity contribution is 5.85. The number of fused-ring (bicyclic) bond motifs is 1. The zero-order valence-electron chi connectivity index (χ0n) is 19.1. The number of rotatable bonds is 8. The highest BCUT2D eigenvalue weighted by atomic mass is 16.5. The topological polar surface area (TPSA) is 87.6 Å². The minimum Gasteiger partial charge on any atom is -0.497 e. The van der Waals surface area contributed by atoms with Gasteiger partial charge in [0.15, 0.2) is 11.5 Å². The number of amides is 1. The predicted octanol–water partition coefficient (Wildman–Crippen LogP) is 4.62. The number of likely N-dealkylation sites (tertiary alicyclic amines) is 1. The molecule has 0 unspecified atom stereocenters. The van der Waals surface area contributed by atoms with E-state index in [1.807, 2.05) is 17.0 Å². The van der Waals surface area contributed by atoms with E-state index in [1.54, 1.807) is 32.4 Å². The molecule has 3 aromatic rings. The second kappa shape index (κ2) is 10.3. The summed E-state index contributed by atoms with van der Waals surface area (Å²) in [5.74, 6) is 2.57. The first kappa shape index (κ1) is 22.5. The van der Waals surface area contributed by atoms with Gasteiger partial charge in [0.05, 0.1) is 32.5 Å². The van der Waals surface area contributed by atoms with E-state index in [-0.39, 0.29) is 5.91 Å². The smallest absolute Gasteiger partial charge is 0.222 e. The maximum atomic E-state index is 12.7. The summed E-state index contributed by atoms with van der Waals surface area (Å²) in [6, 6.07) is 13.2. The number of nitrogens with zero attached hydrogens (tertiary/aromatic N) is 2. The first-order chi connectivity index (χ1) is 16.1. The van der Waals surface area contributed by atoms with Crippen LogP contribution in [0.15, 0.2) is 42.6 Å². The molecule has 33 heavy (non-hydrogen) atoms. The lowest BCUT2D eigenvalue weighted by Gasteiger charge is -2.32. The quantitative estimate of drug-likeness (QED) is 0.509. The number of aromatic amines is 1. The molecule has 1 saturated heterocycles. The lowest BCUT2D eigenvalue weighted by molar-refractivity contribution is -0.132. The molecule has 0 saturated carbocycles. The summed E-state index contributed by atoms with van der Waals surface area (Å²) in [7, 11) is 3.23. The summed E-state index contributed by atoms with van der Waals surface area (Å²) in [6.45, 7) is 1.95. The van der Waals surface area contributed by atoms with E-state index in [0.29, 0.717) is 42.4 Å². The van der Waals surface area contributed by atoms with Crippen molar-refractivity contribution in [3.05, 3.63) is 53.7 Å². The van der Waals surface area contributed by atoms with E-state index in [9.17, 15) is 4.79 Å². The SMILES string of the molecule is COc1ccc2[nH]cc(C3CCN(C(=O)CCCOc4ccc(C#N)cc4OC)CC3)c2c1. The van der Waals surface area contributed by atoms with E-state index < -0.39 is 0 Å². The normalized spacial score (nSPS) is 14.2. The predicted molar refractivity (Wildman–Crippen MR) is 126 cm³/mol. The first-order valence-corrected chi connectivity index (χ1v) is 11.3. The Morgan fingerprint density at radius 3 is 2.67 bits per heavy atom. The third-order valence-electron chi connectivity index (χ3n) is 6.29.